The summed E-state index contributed by atoms with van der Waals surface area (Å²) >= 11 is 5.66. The summed E-state index contributed by atoms with van der Waals surface area (Å²) in [6, 6.07) is 7.57. The molecule has 1 aromatic carbocycles. The Bertz CT molecular complexity index is 553. The van der Waals surface area contributed by atoms with E-state index < -0.39 is 0 Å². The number of rotatable bonds is 6. The lowest BCUT2D eigenvalue weighted by atomic mass is 10.1. The lowest BCUT2D eigenvalue weighted by molar-refractivity contribution is -0.130. The number of aromatic nitrogens is 1. The van der Waals surface area contributed by atoms with E-state index in [2.05, 4.69) is 5.16 Å². The van der Waals surface area contributed by atoms with Gasteiger partial charge in [0, 0.05) is 24.4 Å². The molecule has 1 aromatic heterocycles. The fourth-order valence-corrected chi connectivity index (χ4v) is 2.15. The predicted molar refractivity (Wildman–Crippen MR) is 75.3 cm³/mol. The molecule has 2 rings (SSSR count). The summed E-state index contributed by atoms with van der Waals surface area (Å²) in [7, 11) is 0. The molecule has 102 valence electrons. The summed E-state index contributed by atoms with van der Waals surface area (Å²) < 4.78 is 5.20. The maximum absolute atomic E-state index is 12.2. The van der Waals surface area contributed by atoms with Crippen LogP contribution >= 0.6 is 11.6 Å². The summed E-state index contributed by atoms with van der Waals surface area (Å²) in [5.74, 6) is 0.628. The Morgan fingerprint density at radius 2 is 2.21 bits per heavy atom. The molecule has 0 bridgehead atoms. The minimum atomic E-state index is 0.0617. The highest BCUT2D eigenvalue weighted by molar-refractivity contribution is 6.17. The van der Waals surface area contributed by atoms with E-state index in [9.17, 15) is 4.79 Å². The molecular weight excluding hydrogens is 264 g/mol. The zero-order valence-corrected chi connectivity index (χ0v) is 11.7. The van der Waals surface area contributed by atoms with Gasteiger partial charge in [-0.05, 0) is 25.5 Å². The van der Waals surface area contributed by atoms with Gasteiger partial charge in [0.2, 0.25) is 5.91 Å². The van der Waals surface area contributed by atoms with E-state index in [1.165, 1.54) is 0 Å². The third-order valence-electron chi connectivity index (χ3n) is 3.07. The molecule has 4 nitrogen and oxygen atoms in total. The predicted octanol–water partition coefficient (Wildman–Crippen LogP) is 2.85. The van der Waals surface area contributed by atoms with Gasteiger partial charge in [0.1, 0.15) is 5.69 Å². The molecule has 0 aliphatic rings. The maximum atomic E-state index is 12.2. The van der Waals surface area contributed by atoms with Crippen LogP contribution in [0.1, 0.15) is 19.0 Å². The quantitative estimate of drug-likeness (QED) is 0.765. The third kappa shape index (κ3) is 3.26. The number of hydrogen-bond donors (Lipinski definition) is 0. The molecule has 0 aliphatic carbocycles. The molecule has 0 radical (unpaired) electrons. The van der Waals surface area contributed by atoms with Crippen molar-refractivity contribution in [3.8, 4) is 0 Å². The average Bonchev–Trinajstić information content (AvgIpc) is 2.83. The Labute approximate surface area is 117 Å². The largest absolute Gasteiger partial charge is 0.356 e. The Kier molecular flexibility index (Phi) is 4.80. The number of carbonyl (C=O) groups excluding carboxylic acids is 1. The van der Waals surface area contributed by atoms with Crippen LogP contribution in [0.4, 0.5) is 0 Å². The van der Waals surface area contributed by atoms with Crippen molar-refractivity contribution >= 4 is 28.5 Å². The molecule has 0 saturated heterocycles. The Morgan fingerprint density at radius 1 is 1.42 bits per heavy atom. The number of para-hydroxylation sites is 1. The lowest BCUT2D eigenvalue weighted by Crippen LogP contribution is -2.33. The van der Waals surface area contributed by atoms with Crippen LogP contribution < -0.4 is 0 Å². The van der Waals surface area contributed by atoms with Gasteiger partial charge in [-0.15, -0.1) is 11.6 Å². The standard InChI is InChI=1S/C14H17ClN2O2/c1-2-17(9-5-8-15)14(18)10-12-11-6-3-4-7-13(11)19-16-12/h3-4,6-7H,2,5,8-10H2,1H3. The molecule has 19 heavy (non-hydrogen) atoms. The van der Waals surface area contributed by atoms with E-state index >= 15 is 0 Å². The van der Waals surface area contributed by atoms with Gasteiger partial charge >= 0.3 is 0 Å². The molecule has 1 amide bonds. The summed E-state index contributed by atoms with van der Waals surface area (Å²) in [5.41, 5.74) is 1.42. The van der Waals surface area contributed by atoms with Crippen LogP contribution in [0.15, 0.2) is 28.8 Å². The number of likely N-dealkylation sites (N-methyl/N-ethyl adjacent to an activating group) is 1. The molecule has 5 heteroatoms. The third-order valence-corrected chi connectivity index (χ3v) is 3.33. The van der Waals surface area contributed by atoms with E-state index in [-0.39, 0.29) is 12.3 Å². The summed E-state index contributed by atoms with van der Waals surface area (Å²) in [4.78, 5) is 14.0. The van der Waals surface area contributed by atoms with Crippen molar-refractivity contribution in [1.29, 1.82) is 0 Å². The smallest absolute Gasteiger partial charge is 0.228 e. The first-order valence-corrected chi connectivity index (χ1v) is 6.96. The number of halogens is 1. The number of hydrogen-bond acceptors (Lipinski definition) is 3. The van der Waals surface area contributed by atoms with Crippen molar-refractivity contribution in [2.24, 2.45) is 0 Å². The molecule has 0 spiro atoms. The SMILES string of the molecule is CCN(CCCCl)C(=O)Cc1noc2ccccc12. The monoisotopic (exact) mass is 280 g/mol. The molecule has 0 fully saturated rings. The molecule has 0 saturated carbocycles. The lowest BCUT2D eigenvalue weighted by Gasteiger charge is -2.19. The summed E-state index contributed by atoms with van der Waals surface area (Å²) in [6.07, 6.45) is 1.08. The summed E-state index contributed by atoms with van der Waals surface area (Å²) in [6.45, 7) is 3.34. The molecule has 1 heterocycles. The van der Waals surface area contributed by atoms with Gasteiger partial charge in [-0.3, -0.25) is 4.79 Å². The van der Waals surface area contributed by atoms with Gasteiger partial charge < -0.3 is 9.42 Å². The van der Waals surface area contributed by atoms with Crippen LogP contribution in [0.3, 0.4) is 0 Å². The first kappa shape index (κ1) is 13.9. The number of carbonyl (C=O) groups is 1. The molecule has 0 aliphatic heterocycles. The normalized spacial score (nSPS) is 10.8. The van der Waals surface area contributed by atoms with Gasteiger partial charge in [0.25, 0.3) is 0 Å². The van der Waals surface area contributed by atoms with E-state index in [4.69, 9.17) is 16.1 Å². The van der Waals surface area contributed by atoms with Crippen LogP contribution in [0.5, 0.6) is 0 Å². The summed E-state index contributed by atoms with van der Waals surface area (Å²) in [5, 5.41) is 4.89. The average molecular weight is 281 g/mol. The van der Waals surface area contributed by atoms with Gasteiger partial charge in [-0.1, -0.05) is 17.3 Å². The first-order valence-electron chi connectivity index (χ1n) is 6.43. The Balaban J connectivity index is 2.09. The van der Waals surface area contributed by atoms with E-state index in [1.54, 1.807) is 4.90 Å². The van der Waals surface area contributed by atoms with Crippen LogP contribution in [-0.2, 0) is 11.2 Å². The minimum Gasteiger partial charge on any atom is -0.356 e. The minimum absolute atomic E-state index is 0.0617. The second-order valence-electron chi connectivity index (χ2n) is 4.32. The zero-order valence-electron chi connectivity index (χ0n) is 10.9. The van der Waals surface area contributed by atoms with Crippen molar-refractivity contribution in [3.63, 3.8) is 0 Å². The molecule has 0 atom stereocenters. The van der Waals surface area contributed by atoms with Gasteiger partial charge in [-0.25, -0.2) is 0 Å². The second-order valence-corrected chi connectivity index (χ2v) is 4.70. The topological polar surface area (TPSA) is 46.3 Å². The first-order chi connectivity index (χ1) is 9.26. The second kappa shape index (κ2) is 6.57. The Morgan fingerprint density at radius 3 is 2.95 bits per heavy atom. The highest BCUT2D eigenvalue weighted by Gasteiger charge is 2.16. The van der Waals surface area contributed by atoms with Gasteiger partial charge in [0.05, 0.1) is 6.42 Å². The number of benzene rings is 1. The van der Waals surface area contributed by atoms with E-state index in [0.29, 0.717) is 30.2 Å². The van der Waals surface area contributed by atoms with E-state index in [1.807, 2.05) is 31.2 Å². The van der Waals surface area contributed by atoms with Crippen molar-refractivity contribution in [3.05, 3.63) is 30.0 Å². The van der Waals surface area contributed by atoms with Crippen molar-refractivity contribution in [1.82, 2.24) is 10.1 Å². The fraction of sp³-hybridized carbons (Fsp3) is 0.429. The molecule has 0 unspecified atom stereocenters. The molecule has 0 N–H and O–H groups in total. The fourth-order valence-electron chi connectivity index (χ4n) is 2.03. The van der Waals surface area contributed by atoms with Crippen LogP contribution in [0, 0.1) is 0 Å². The van der Waals surface area contributed by atoms with Crippen molar-refractivity contribution < 1.29 is 9.32 Å². The number of nitrogens with zero attached hydrogens (tertiary/aromatic N) is 2. The van der Waals surface area contributed by atoms with Crippen LogP contribution in [0.25, 0.3) is 11.0 Å². The Hall–Kier alpha value is -1.55. The zero-order chi connectivity index (χ0) is 13.7. The highest BCUT2D eigenvalue weighted by Crippen LogP contribution is 2.18. The molecule has 2 aromatic rings. The van der Waals surface area contributed by atoms with E-state index in [0.717, 1.165) is 11.8 Å². The van der Waals surface area contributed by atoms with Crippen molar-refractivity contribution in [2.45, 2.75) is 19.8 Å². The number of alkyl halides is 1. The molecular formula is C14H17ClN2O2. The highest BCUT2D eigenvalue weighted by atomic mass is 35.5. The van der Waals surface area contributed by atoms with Crippen LogP contribution in [0.2, 0.25) is 0 Å². The number of amides is 1. The van der Waals surface area contributed by atoms with Crippen molar-refractivity contribution in [2.75, 3.05) is 19.0 Å². The maximum Gasteiger partial charge on any atom is 0.228 e. The number of fused-ring (bicyclic) bond motifs is 1. The van der Waals surface area contributed by atoms with Gasteiger partial charge in [0.15, 0.2) is 5.58 Å². The van der Waals surface area contributed by atoms with Gasteiger partial charge in [-0.2, -0.15) is 0 Å². The van der Waals surface area contributed by atoms with Crippen LogP contribution in [-0.4, -0.2) is 34.9 Å².